The van der Waals surface area contributed by atoms with E-state index in [0.717, 1.165) is 12.1 Å². The molecular weight excluding hydrogens is 325 g/mol. The molecule has 1 aromatic heterocycles. The number of hydrogen-bond donors (Lipinski definition) is 0. The maximum Gasteiger partial charge on any atom is 0.417 e. The van der Waals surface area contributed by atoms with Gasteiger partial charge in [-0.1, -0.05) is 15.9 Å². The molecule has 0 aliphatic rings. The summed E-state index contributed by atoms with van der Waals surface area (Å²) in [6.07, 6.45) is -1.97. The number of rotatable bonds is 2. The summed E-state index contributed by atoms with van der Waals surface area (Å²) in [4.78, 5) is 12.1. The van der Waals surface area contributed by atoms with E-state index in [0.29, 0.717) is 0 Å². The lowest BCUT2D eigenvalue weighted by Gasteiger charge is -2.11. The summed E-state index contributed by atoms with van der Waals surface area (Å²) in [6, 6.07) is 3.45. The molecule has 1 heterocycles. The van der Waals surface area contributed by atoms with E-state index in [1.807, 2.05) is 0 Å². The van der Waals surface area contributed by atoms with Gasteiger partial charge in [0.1, 0.15) is 0 Å². The van der Waals surface area contributed by atoms with Crippen molar-refractivity contribution in [1.29, 1.82) is 0 Å². The van der Waals surface area contributed by atoms with Crippen molar-refractivity contribution in [3.05, 3.63) is 51.8 Å². The van der Waals surface area contributed by atoms with Gasteiger partial charge in [0, 0.05) is 23.3 Å². The number of aryl methyl sites for hydroxylation is 1. The first-order valence-electron chi connectivity index (χ1n) is 5.19. The molecular formula is C12H8BrF3N2O. The lowest BCUT2D eigenvalue weighted by atomic mass is 10.00. The van der Waals surface area contributed by atoms with Crippen molar-refractivity contribution in [3.63, 3.8) is 0 Å². The molecule has 0 fully saturated rings. The van der Waals surface area contributed by atoms with E-state index in [9.17, 15) is 18.0 Å². The molecule has 2 rings (SSSR count). The first-order valence-corrected chi connectivity index (χ1v) is 5.98. The smallest absolute Gasteiger partial charge is 0.288 e. The molecule has 0 N–H and O–H groups in total. The Balaban J connectivity index is 2.53. The molecule has 0 aliphatic carbocycles. The SMILES string of the molecule is Cn1cc(C(=O)c2ccc(Br)cc2C(F)(F)F)cn1. The van der Waals surface area contributed by atoms with Gasteiger partial charge in [0.2, 0.25) is 0 Å². The van der Waals surface area contributed by atoms with Crippen LogP contribution in [0.2, 0.25) is 0 Å². The van der Waals surface area contributed by atoms with E-state index in [-0.39, 0.29) is 15.6 Å². The van der Waals surface area contributed by atoms with Crippen LogP contribution in [0.4, 0.5) is 13.2 Å². The van der Waals surface area contributed by atoms with Gasteiger partial charge < -0.3 is 0 Å². The third-order valence-electron chi connectivity index (χ3n) is 2.50. The molecule has 0 aliphatic heterocycles. The van der Waals surface area contributed by atoms with Crippen LogP contribution < -0.4 is 0 Å². The molecule has 1 aromatic carbocycles. The summed E-state index contributed by atoms with van der Waals surface area (Å²) in [5.41, 5.74) is -1.23. The van der Waals surface area contributed by atoms with Crippen molar-refractivity contribution < 1.29 is 18.0 Å². The third kappa shape index (κ3) is 2.86. The highest BCUT2D eigenvalue weighted by molar-refractivity contribution is 9.10. The van der Waals surface area contributed by atoms with Gasteiger partial charge in [-0.15, -0.1) is 0 Å². The molecule has 19 heavy (non-hydrogen) atoms. The highest BCUT2D eigenvalue weighted by atomic mass is 79.9. The topological polar surface area (TPSA) is 34.9 Å². The first kappa shape index (κ1) is 13.8. The van der Waals surface area contributed by atoms with Gasteiger partial charge in [-0.05, 0) is 18.2 Å². The fourth-order valence-corrected chi connectivity index (χ4v) is 2.00. The van der Waals surface area contributed by atoms with E-state index in [1.54, 1.807) is 7.05 Å². The molecule has 0 saturated heterocycles. The van der Waals surface area contributed by atoms with Crippen molar-refractivity contribution in [2.45, 2.75) is 6.18 Å². The van der Waals surface area contributed by atoms with Crippen LogP contribution in [0.15, 0.2) is 35.1 Å². The minimum absolute atomic E-state index is 0.121. The van der Waals surface area contributed by atoms with Crippen LogP contribution in [0.5, 0.6) is 0 Å². The number of benzene rings is 1. The van der Waals surface area contributed by atoms with Gasteiger partial charge >= 0.3 is 6.18 Å². The van der Waals surface area contributed by atoms with E-state index in [4.69, 9.17) is 0 Å². The molecule has 100 valence electrons. The molecule has 0 spiro atoms. The summed E-state index contributed by atoms with van der Waals surface area (Å²) in [6.45, 7) is 0. The molecule has 2 aromatic rings. The van der Waals surface area contributed by atoms with Crippen LogP contribution >= 0.6 is 15.9 Å². The van der Waals surface area contributed by atoms with Crippen molar-refractivity contribution in [2.24, 2.45) is 7.05 Å². The van der Waals surface area contributed by atoms with Crippen LogP contribution in [0.1, 0.15) is 21.5 Å². The number of hydrogen-bond acceptors (Lipinski definition) is 2. The summed E-state index contributed by atoms with van der Waals surface area (Å²) in [5.74, 6) is -0.701. The number of aromatic nitrogens is 2. The number of ketones is 1. The van der Waals surface area contributed by atoms with Crippen molar-refractivity contribution in [3.8, 4) is 0 Å². The number of halogens is 4. The van der Waals surface area contributed by atoms with Crippen LogP contribution in [0, 0.1) is 0 Å². The Morgan fingerprint density at radius 3 is 2.58 bits per heavy atom. The van der Waals surface area contributed by atoms with Crippen LogP contribution in [-0.4, -0.2) is 15.6 Å². The molecule has 3 nitrogen and oxygen atoms in total. The minimum atomic E-state index is -4.59. The van der Waals surface area contributed by atoms with Gasteiger partial charge in [0.15, 0.2) is 5.78 Å². The Bertz CT molecular complexity index is 634. The van der Waals surface area contributed by atoms with Crippen LogP contribution in [-0.2, 0) is 13.2 Å². The third-order valence-corrected chi connectivity index (χ3v) is 2.99. The summed E-state index contributed by atoms with van der Waals surface area (Å²) >= 11 is 2.97. The van der Waals surface area contributed by atoms with Gasteiger partial charge in [0.05, 0.1) is 17.3 Å². The molecule has 0 saturated carbocycles. The largest absolute Gasteiger partial charge is 0.417 e. The molecule has 0 amide bonds. The molecule has 0 unspecified atom stereocenters. The number of alkyl halides is 3. The number of carbonyl (C=O) groups is 1. The lowest BCUT2D eigenvalue weighted by Crippen LogP contribution is -2.13. The van der Waals surface area contributed by atoms with Crippen molar-refractivity contribution in [1.82, 2.24) is 9.78 Å². The van der Waals surface area contributed by atoms with Crippen molar-refractivity contribution >= 4 is 21.7 Å². The van der Waals surface area contributed by atoms with E-state index < -0.39 is 17.5 Å². The van der Waals surface area contributed by atoms with Crippen LogP contribution in [0.25, 0.3) is 0 Å². The minimum Gasteiger partial charge on any atom is -0.288 e. The Morgan fingerprint density at radius 1 is 1.37 bits per heavy atom. The van der Waals surface area contributed by atoms with Gasteiger partial charge in [-0.2, -0.15) is 18.3 Å². The second-order valence-corrected chi connectivity index (χ2v) is 4.84. The van der Waals surface area contributed by atoms with E-state index >= 15 is 0 Å². The molecule has 0 bridgehead atoms. The van der Waals surface area contributed by atoms with Gasteiger partial charge in [-0.25, -0.2) is 0 Å². The predicted molar refractivity (Wildman–Crippen MR) is 65.8 cm³/mol. The monoisotopic (exact) mass is 332 g/mol. The summed E-state index contributed by atoms with van der Waals surface area (Å²) < 4.78 is 40.4. The molecule has 0 radical (unpaired) electrons. The predicted octanol–water partition coefficient (Wildman–Crippen LogP) is 3.43. The Labute approximate surface area is 115 Å². The number of carbonyl (C=O) groups excluding carboxylic acids is 1. The average Bonchev–Trinajstić information content (AvgIpc) is 2.74. The highest BCUT2D eigenvalue weighted by Gasteiger charge is 2.35. The maximum absolute atomic E-state index is 12.9. The Morgan fingerprint density at radius 2 is 2.05 bits per heavy atom. The molecule has 0 atom stereocenters. The van der Waals surface area contributed by atoms with E-state index in [1.165, 1.54) is 23.1 Å². The second-order valence-electron chi connectivity index (χ2n) is 3.92. The zero-order valence-electron chi connectivity index (χ0n) is 9.70. The highest BCUT2D eigenvalue weighted by Crippen LogP contribution is 2.34. The lowest BCUT2D eigenvalue weighted by molar-refractivity contribution is -0.137. The zero-order valence-corrected chi connectivity index (χ0v) is 11.3. The average molecular weight is 333 g/mol. The van der Waals surface area contributed by atoms with E-state index in [2.05, 4.69) is 21.0 Å². The summed E-state index contributed by atoms with van der Waals surface area (Å²) in [7, 11) is 1.59. The second kappa shape index (κ2) is 4.80. The summed E-state index contributed by atoms with van der Waals surface area (Å²) in [5, 5.41) is 3.78. The van der Waals surface area contributed by atoms with Crippen LogP contribution in [0.3, 0.4) is 0 Å². The van der Waals surface area contributed by atoms with Gasteiger partial charge in [0.25, 0.3) is 0 Å². The molecule has 7 heteroatoms. The first-order chi connectivity index (χ1) is 8.79. The fraction of sp³-hybridized carbons (Fsp3) is 0.167. The zero-order chi connectivity index (χ0) is 14.2. The maximum atomic E-state index is 12.9. The quantitative estimate of drug-likeness (QED) is 0.790. The van der Waals surface area contributed by atoms with Gasteiger partial charge in [-0.3, -0.25) is 9.48 Å². The normalized spacial score (nSPS) is 11.6. The number of nitrogens with zero attached hydrogens (tertiary/aromatic N) is 2. The Hall–Kier alpha value is -1.63. The Kier molecular flexibility index (Phi) is 3.49. The van der Waals surface area contributed by atoms with Crippen molar-refractivity contribution in [2.75, 3.05) is 0 Å². The fourth-order valence-electron chi connectivity index (χ4n) is 1.64. The standard InChI is InChI=1S/C12H8BrF3N2O/c1-18-6-7(5-17-18)11(19)9-3-2-8(13)4-10(9)12(14,15)16/h2-6H,1H3.